The van der Waals surface area contributed by atoms with Crippen molar-refractivity contribution in [3.05, 3.63) is 22.6 Å². The third kappa shape index (κ3) is 1.57. The molecule has 0 heterocycles. The van der Waals surface area contributed by atoms with E-state index in [1.807, 2.05) is 0 Å². The van der Waals surface area contributed by atoms with Crippen molar-refractivity contribution in [2.75, 3.05) is 0 Å². The molecule has 66 valence electrons. The van der Waals surface area contributed by atoms with E-state index in [1.165, 1.54) is 12.2 Å². The first kappa shape index (κ1) is 9.02. The molecule has 0 radical (unpaired) electrons. The number of nitrogens with zero attached hydrogens (tertiary/aromatic N) is 3. The van der Waals surface area contributed by atoms with Gasteiger partial charge in [0.05, 0.1) is 12.1 Å². The minimum absolute atomic E-state index is 0.798. The summed E-state index contributed by atoms with van der Waals surface area (Å²) in [5, 5.41) is 30.5. The van der Waals surface area contributed by atoms with Crippen LogP contribution in [0.25, 0.3) is 10.4 Å². The summed E-state index contributed by atoms with van der Waals surface area (Å²) in [5.74, 6) is 0. The zero-order valence-corrected chi connectivity index (χ0v) is 6.15. The molecule has 0 bridgehead atoms. The fourth-order valence-electron chi connectivity index (χ4n) is 1.03. The van der Waals surface area contributed by atoms with Gasteiger partial charge in [-0.2, -0.15) is 0 Å². The van der Waals surface area contributed by atoms with Crippen LogP contribution in [0.4, 0.5) is 0 Å². The Morgan fingerprint density at radius 3 is 2.42 bits per heavy atom. The molecule has 6 nitrogen and oxygen atoms in total. The predicted octanol–water partition coefficient (Wildman–Crippen LogP) is -0.682. The lowest BCUT2D eigenvalue weighted by Gasteiger charge is -2.27. The Bertz CT molecular complexity index is 236. The van der Waals surface area contributed by atoms with Crippen molar-refractivity contribution in [1.82, 2.24) is 0 Å². The summed E-state index contributed by atoms with van der Waals surface area (Å²) in [4.78, 5) is 2.49. The fourth-order valence-corrected chi connectivity index (χ4v) is 1.03. The van der Waals surface area contributed by atoms with Crippen molar-refractivity contribution < 1.29 is 15.3 Å². The molecule has 12 heavy (non-hydrogen) atoms. The maximum Gasteiger partial charge on any atom is 0.110 e. The Kier molecular flexibility index (Phi) is 2.67. The second kappa shape index (κ2) is 3.55. The molecule has 0 aromatic heterocycles. The SMILES string of the molecule is [N-]=[N+]=N[C@H]1C=C[C@@H](O)[C@H](O)[C@H]1O. The fraction of sp³-hybridized carbons (Fsp3) is 0.667. The van der Waals surface area contributed by atoms with Crippen molar-refractivity contribution in [3.8, 4) is 0 Å². The van der Waals surface area contributed by atoms with Gasteiger partial charge in [-0.1, -0.05) is 17.3 Å². The zero-order chi connectivity index (χ0) is 9.14. The third-order valence-corrected chi connectivity index (χ3v) is 1.74. The van der Waals surface area contributed by atoms with Crippen molar-refractivity contribution in [3.63, 3.8) is 0 Å². The predicted molar refractivity (Wildman–Crippen MR) is 40.1 cm³/mol. The molecule has 0 aromatic carbocycles. The van der Waals surface area contributed by atoms with Gasteiger partial charge in [0, 0.05) is 4.91 Å². The van der Waals surface area contributed by atoms with E-state index in [4.69, 9.17) is 15.7 Å². The smallest absolute Gasteiger partial charge is 0.110 e. The molecule has 0 saturated carbocycles. The highest BCUT2D eigenvalue weighted by Gasteiger charge is 2.31. The van der Waals surface area contributed by atoms with Crippen LogP contribution in [0.3, 0.4) is 0 Å². The minimum Gasteiger partial charge on any atom is -0.390 e. The Labute approximate surface area is 68.4 Å². The summed E-state index contributed by atoms with van der Waals surface area (Å²) < 4.78 is 0. The van der Waals surface area contributed by atoms with Gasteiger partial charge in [0.1, 0.15) is 12.2 Å². The molecule has 0 amide bonds. The Morgan fingerprint density at radius 2 is 1.83 bits per heavy atom. The number of aliphatic hydroxyl groups is 3. The van der Waals surface area contributed by atoms with Gasteiger partial charge in [0.15, 0.2) is 0 Å². The Balaban J connectivity index is 2.80. The van der Waals surface area contributed by atoms with Gasteiger partial charge in [-0.3, -0.25) is 0 Å². The molecule has 0 fully saturated rings. The first-order valence-corrected chi connectivity index (χ1v) is 3.43. The molecule has 0 unspecified atom stereocenters. The van der Waals surface area contributed by atoms with Crippen molar-refractivity contribution >= 4 is 0 Å². The van der Waals surface area contributed by atoms with E-state index in [0.29, 0.717) is 0 Å². The second-order valence-corrected chi connectivity index (χ2v) is 2.55. The molecule has 4 atom stereocenters. The largest absolute Gasteiger partial charge is 0.390 e. The minimum atomic E-state index is -1.29. The van der Waals surface area contributed by atoms with E-state index in [-0.39, 0.29) is 0 Å². The van der Waals surface area contributed by atoms with E-state index in [0.717, 1.165) is 0 Å². The van der Waals surface area contributed by atoms with E-state index < -0.39 is 24.4 Å². The van der Waals surface area contributed by atoms with Crippen LogP contribution in [0.2, 0.25) is 0 Å². The second-order valence-electron chi connectivity index (χ2n) is 2.55. The highest BCUT2D eigenvalue weighted by molar-refractivity contribution is 5.10. The maximum absolute atomic E-state index is 9.21. The Hall–Kier alpha value is -1.07. The topological polar surface area (TPSA) is 109 Å². The average molecular weight is 171 g/mol. The van der Waals surface area contributed by atoms with Gasteiger partial charge in [-0.25, -0.2) is 0 Å². The molecule has 3 N–H and O–H groups in total. The summed E-state index contributed by atoms with van der Waals surface area (Å²) in [6.07, 6.45) is -0.963. The van der Waals surface area contributed by atoms with Gasteiger partial charge >= 0.3 is 0 Å². The first-order valence-electron chi connectivity index (χ1n) is 3.43. The summed E-state index contributed by atoms with van der Waals surface area (Å²) in [6.45, 7) is 0. The van der Waals surface area contributed by atoms with Crippen LogP contribution in [0.15, 0.2) is 17.3 Å². The van der Waals surface area contributed by atoms with Crippen molar-refractivity contribution in [1.29, 1.82) is 0 Å². The average Bonchev–Trinajstić information content (AvgIpc) is 2.07. The third-order valence-electron chi connectivity index (χ3n) is 1.74. The summed E-state index contributed by atoms with van der Waals surface area (Å²) in [7, 11) is 0. The van der Waals surface area contributed by atoms with Crippen LogP contribution in [0.5, 0.6) is 0 Å². The summed E-state index contributed by atoms with van der Waals surface area (Å²) >= 11 is 0. The van der Waals surface area contributed by atoms with E-state index in [9.17, 15) is 5.11 Å². The van der Waals surface area contributed by atoms with E-state index >= 15 is 0 Å². The van der Waals surface area contributed by atoms with Crippen molar-refractivity contribution in [2.45, 2.75) is 24.4 Å². The first-order chi connectivity index (χ1) is 5.66. The molecule has 6 heteroatoms. The number of azide groups is 1. The number of hydrogen-bond donors (Lipinski definition) is 3. The summed E-state index contributed by atoms with van der Waals surface area (Å²) in [5.41, 5.74) is 8.06. The van der Waals surface area contributed by atoms with Crippen LogP contribution in [-0.2, 0) is 0 Å². The van der Waals surface area contributed by atoms with E-state index in [2.05, 4.69) is 10.0 Å². The Morgan fingerprint density at radius 1 is 1.17 bits per heavy atom. The summed E-state index contributed by atoms with van der Waals surface area (Å²) in [6, 6.07) is -0.798. The van der Waals surface area contributed by atoms with Gasteiger partial charge in [-0.05, 0) is 5.53 Å². The quantitative estimate of drug-likeness (QED) is 0.210. The lowest BCUT2D eigenvalue weighted by atomic mass is 9.95. The van der Waals surface area contributed by atoms with Gasteiger partial charge < -0.3 is 15.3 Å². The van der Waals surface area contributed by atoms with Crippen LogP contribution < -0.4 is 0 Å². The van der Waals surface area contributed by atoms with Gasteiger partial charge in [-0.15, -0.1) is 0 Å². The van der Waals surface area contributed by atoms with Crippen LogP contribution in [0, 0.1) is 0 Å². The monoisotopic (exact) mass is 171 g/mol. The maximum atomic E-state index is 9.21. The number of hydrogen-bond acceptors (Lipinski definition) is 4. The molecule has 0 aliphatic heterocycles. The van der Waals surface area contributed by atoms with Crippen LogP contribution >= 0.6 is 0 Å². The highest BCUT2D eigenvalue weighted by atomic mass is 16.4. The lowest BCUT2D eigenvalue weighted by molar-refractivity contribution is -0.0517. The number of rotatable bonds is 1. The van der Waals surface area contributed by atoms with E-state index in [1.54, 1.807) is 0 Å². The molecule has 0 spiro atoms. The molecule has 0 saturated heterocycles. The van der Waals surface area contributed by atoms with Crippen LogP contribution in [-0.4, -0.2) is 39.7 Å². The highest BCUT2D eigenvalue weighted by Crippen LogP contribution is 2.16. The number of aliphatic hydroxyl groups excluding tert-OH is 3. The normalized spacial score (nSPS) is 40.6. The molecule has 1 aliphatic carbocycles. The molecular formula is C6H9N3O3. The lowest BCUT2D eigenvalue weighted by Crippen LogP contribution is -2.45. The standard InChI is InChI=1S/C6H9N3O3/c7-9-8-3-1-2-4(10)6(12)5(3)11/h1-6,10-12H/t3-,4+,5-,6-/m0/s1. The molecule has 1 aliphatic rings. The molecular weight excluding hydrogens is 162 g/mol. The van der Waals surface area contributed by atoms with Crippen LogP contribution in [0.1, 0.15) is 0 Å². The van der Waals surface area contributed by atoms with Crippen molar-refractivity contribution in [2.24, 2.45) is 5.11 Å². The molecule has 0 aromatic rings. The van der Waals surface area contributed by atoms with Gasteiger partial charge in [0.25, 0.3) is 0 Å². The zero-order valence-electron chi connectivity index (χ0n) is 6.15. The van der Waals surface area contributed by atoms with Gasteiger partial charge in [0.2, 0.25) is 0 Å². The molecule has 1 rings (SSSR count).